The first-order chi connectivity index (χ1) is 34.0. The van der Waals surface area contributed by atoms with Gasteiger partial charge in [0.25, 0.3) is 0 Å². The monoisotopic (exact) mass is 963 g/mol. The molecule has 0 amide bonds. The molecule has 0 unspecified atom stereocenters. The van der Waals surface area contributed by atoms with Crippen molar-refractivity contribution in [2.24, 2.45) is 0 Å². The van der Waals surface area contributed by atoms with Crippen molar-refractivity contribution in [3.05, 3.63) is 72.9 Å². The Morgan fingerprint density at radius 1 is 0.290 bits per heavy atom. The van der Waals surface area contributed by atoms with Crippen LogP contribution in [0.15, 0.2) is 72.9 Å². The van der Waals surface area contributed by atoms with Crippen LogP contribution in [0.5, 0.6) is 0 Å². The predicted octanol–water partition coefficient (Wildman–Crippen LogP) is 19.8. The van der Waals surface area contributed by atoms with Crippen LogP contribution in [0.4, 0.5) is 0 Å². The lowest BCUT2D eigenvalue weighted by Crippen LogP contribution is -2.30. The molecule has 0 aliphatic carbocycles. The van der Waals surface area contributed by atoms with Crippen LogP contribution in [0.3, 0.4) is 0 Å². The Morgan fingerprint density at radius 2 is 0.522 bits per heavy atom. The number of esters is 3. The molecule has 398 valence electrons. The molecule has 0 fully saturated rings. The van der Waals surface area contributed by atoms with Gasteiger partial charge < -0.3 is 14.2 Å². The Bertz CT molecular complexity index is 1290. The summed E-state index contributed by atoms with van der Waals surface area (Å²) in [5.74, 6) is -0.920. The normalized spacial score (nSPS) is 12.6. The van der Waals surface area contributed by atoms with E-state index in [-0.39, 0.29) is 31.1 Å². The summed E-state index contributed by atoms with van der Waals surface area (Å²) in [5.41, 5.74) is 0. The second-order valence-corrected chi connectivity index (χ2v) is 19.5. The molecule has 6 nitrogen and oxygen atoms in total. The van der Waals surface area contributed by atoms with E-state index in [0.29, 0.717) is 19.3 Å². The lowest BCUT2D eigenvalue weighted by molar-refractivity contribution is -0.167. The number of allylic oxidation sites excluding steroid dienone is 12. The fourth-order valence-corrected chi connectivity index (χ4v) is 8.18. The van der Waals surface area contributed by atoms with E-state index in [2.05, 4.69) is 93.7 Å². The van der Waals surface area contributed by atoms with Crippen molar-refractivity contribution in [2.45, 2.75) is 297 Å². The van der Waals surface area contributed by atoms with Crippen LogP contribution in [0.25, 0.3) is 0 Å². The average molecular weight is 964 g/mol. The first-order valence-electron chi connectivity index (χ1n) is 29.4. The summed E-state index contributed by atoms with van der Waals surface area (Å²) in [4.78, 5) is 38.2. The lowest BCUT2D eigenvalue weighted by atomic mass is 10.1. The van der Waals surface area contributed by atoms with Gasteiger partial charge in [-0.3, -0.25) is 14.4 Å². The van der Waals surface area contributed by atoms with Crippen molar-refractivity contribution in [3.8, 4) is 0 Å². The maximum absolute atomic E-state index is 12.9. The zero-order valence-electron chi connectivity index (χ0n) is 45.6. The molecule has 0 aliphatic rings. The summed E-state index contributed by atoms with van der Waals surface area (Å²) in [7, 11) is 0. The number of carbonyl (C=O) groups is 3. The van der Waals surface area contributed by atoms with Gasteiger partial charge in [-0.1, -0.05) is 229 Å². The third kappa shape index (κ3) is 55.6. The third-order valence-electron chi connectivity index (χ3n) is 12.7. The summed E-state index contributed by atoms with van der Waals surface area (Å²) in [6, 6.07) is 0. The Hall–Kier alpha value is -3.15. The molecule has 0 bridgehead atoms. The molecule has 1 atom stereocenters. The molecule has 0 aromatic rings. The second-order valence-electron chi connectivity index (χ2n) is 19.5. The van der Waals surface area contributed by atoms with Gasteiger partial charge in [0.05, 0.1) is 0 Å². The molecule has 0 heterocycles. The van der Waals surface area contributed by atoms with Gasteiger partial charge >= 0.3 is 17.9 Å². The minimum atomic E-state index is -0.793. The van der Waals surface area contributed by atoms with E-state index in [9.17, 15) is 14.4 Å². The first-order valence-corrected chi connectivity index (χ1v) is 29.4. The summed E-state index contributed by atoms with van der Waals surface area (Å²) in [6.07, 6.45) is 73.1. The fraction of sp³-hybridized carbons (Fsp3) is 0.762. The average Bonchev–Trinajstić information content (AvgIpc) is 3.35. The highest BCUT2D eigenvalue weighted by molar-refractivity contribution is 5.71. The summed E-state index contributed by atoms with van der Waals surface area (Å²) < 4.78 is 16.9. The predicted molar refractivity (Wildman–Crippen MR) is 298 cm³/mol. The highest BCUT2D eigenvalue weighted by Crippen LogP contribution is 2.15. The highest BCUT2D eigenvalue weighted by atomic mass is 16.6. The van der Waals surface area contributed by atoms with E-state index in [0.717, 1.165) is 83.5 Å². The Balaban J connectivity index is 4.44. The zero-order chi connectivity index (χ0) is 50.0. The van der Waals surface area contributed by atoms with E-state index in [4.69, 9.17) is 14.2 Å². The number of unbranched alkanes of at least 4 members (excludes halogenated alkanes) is 30. The standard InChI is InChI=1S/C63H110O6/c1-4-7-10-13-16-19-22-25-28-30-31-33-35-38-41-44-47-50-53-56-62(65)68-59-60(58-67-61(64)55-52-49-46-43-40-37-34-27-24-21-18-15-12-9-6-3)69-63(66)57-54-51-48-45-42-39-36-32-29-26-23-20-17-14-11-8-5-2/h16,19,21,24-26,28-29,31,33,38,41,60H,4-15,17-18,20,22-23,27,30,32,34-37,39-40,42-59H2,1-3H3/b19-16-,24-21-,28-25-,29-26-,33-31-,41-38-/t60-/m0/s1. The number of rotatable bonds is 53. The maximum Gasteiger partial charge on any atom is 0.306 e. The van der Waals surface area contributed by atoms with E-state index >= 15 is 0 Å². The molecule has 0 saturated heterocycles. The van der Waals surface area contributed by atoms with Gasteiger partial charge in [0.2, 0.25) is 0 Å². The molecule has 69 heavy (non-hydrogen) atoms. The molecule has 6 heteroatoms. The number of ether oxygens (including phenoxy) is 3. The lowest BCUT2D eigenvalue weighted by Gasteiger charge is -2.18. The van der Waals surface area contributed by atoms with Crippen LogP contribution < -0.4 is 0 Å². The van der Waals surface area contributed by atoms with Crippen molar-refractivity contribution in [3.63, 3.8) is 0 Å². The molecule has 0 N–H and O–H groups in total. The topological polar surface area (TPSA) is 78.9 Å². The minimum Gasteiger partial charge on any atom is -0.462 e. The number of hydrogen-bond donors (Lipinski definition) is 0. The largest absolute Gasteiger partial charge is 0.462 e. The van der Waals surface area contributed by atoms with Crippen molar-refractivity contribution in [1.82, 2.24) is 0 Å². The highest BCUT2D eigenvalue weighted by Gasteiger charge is 2.19. The van der Waals surface area contributed by atoms with Gasteiger partial charge in [0, 0.05) is 19.3 Å². The van der Waals surface area contributed by atoms with Crippen LogP contribution >= 0.6 is 0 Å². The van der Waals surface area contributed by atoms with E-state index in [1.165, 1.54) is 167 Å². The van der Waals surface area contributed by atoms with Gasteiger partial charge in [-0.25, -0.2) is 0 Å². The van der Waals surface area contributed by atoms with Crippen molar-refractivity contribution < 1.29 is 28.6 Å². The van der Waals surface area contributed by atoms with Crippen LogP contribution in [0.1, 0.15) is 290 Å². The van der Waals surface area contributed by atoms with Gasteiger partial charge in [0.1, 0.15) is 13.2 Å². The van der Waals surface area contributed by atoms with Gasteiger partial charge in [0.15, 0.2) is 6.10 Å². The van der Waals surface area contributed by atoms with Crippen molar-refractivity contribution in [1.29, 1.82) is 0 Å². The molecule has 0 rings (SSSR count). The molecular formula is C63H110O6. The van der Waals surface area contributed by atoms with Crippen LogP contribution in [-0.2, 0) is 28.6 Å². The quantitative estimate of drug-likeness (QED) is 0.0262. The maximum atomic E-state index is 12.9. The van der Waals surface area contributed by atoms with Crippen LogP contribution in [0.2, 0.25) is 0 Å². The SMILES string of the molecule is CCCCC/C=C\C/C=C\C/C=C\C/C=C\CCCCCC(=O)OC[C@H](COC(=O)CCCCCCCCC/C=C\CCCCCC)OC(=O)CCCCCCCCC/C=C\CCCCCCCC. The second kappa shape index (κ2) is 57.4. The summed E-state index contributed by atoms with van der Waals surface area (Å²) in [5, 5.41) is 0. The van der Waals surface area contributed by atoms with Crippen LogP contribution in [-0.4, -0.2) is 37.2 Å². The van der Waals surface area contributed by atoms with Gasteiger partial charge in [-0.05, 0) is 116 Å². The summed E-state index contributed by atoms with van der Waals surface area (Å²) >= 11 is 0. The van der Waals surface area contributed by atoms with Crippen molar-refractivity contribution in [2.75, 3.05) is 13.2 Å². The fourth-order valence-electron chi connectivity index (χ4n) is 8.18. The van der Waals surface area contributed by atoms with E-state index < -0.39 is 6.10 Å². The summed E-state index contributed by atoms with van der Waals surface area (Å²) in [6.45, 7) is 6.58. The minimum absolute atomic E-state index is 0.0889. The molecule has 0 aromatic heterocycles. The molecular weight excluding hydrogens is 853 g/mol. The zero-order valence-corrected chi connectivity index (χ0v) is 45.6. The Morgan fingerprint density at radius 3 is 0.884 bits per heavy atom. The first kappa shape index (κ1) is 65.8. The van der Waals surface area contributed by atoms with E-state index in [1.807, 2.05) is 0 Å². The third-order valence-corrected chi connectivity index (χ3v) is 12.7. The van der Waals surface area contributed by atoms with Gasteiger partial charge in [-0.2, -0.15) is 0 Å². The van der Waals surface area contributed by atoms with Gasteiger partial charge in [-0.15, -0.1) is 0 Å². The van der Waals surface area contributed by atoms with E-state index in [1.54, 1.807) is 0 Å². The molecule has 0 radical (unpaired) electrons. The molecule has 0 aliphatic heterocycles. The Labute approximate surface area is 427 Å². The Kier molecular flexibility index (Phi) is 54.8. The molecule has 0 aromatic carbocycles. The smallest absolute Gasteiger partial charge is 0.306 e. The molecule has 0 spiro atoms. The van der Waals surface area contributed by atoms with Crippen molar-refractivity contribution >= 4 is 17.9 Å². The molecule has 0 saturated carbocycles. The number of carbonyl (C=O) groups excluding carboxylic acids is 3. The number of hydrogen-bond acceptors (Lipinski definition) is 6. The van der Waals surface area contributed by atoms with Crippen LogP contribution in [0, 0.1) is 0 Å².